The summed E-state index contributed by atoms with van der Waals surface area (Å²) in [6.07, 6.45) is 1.97. The lowest BCUT2D eigenvalue weighted by atomic mass is 9.32. The number of hydrogen-bond acceptors (Lipinski definition) is 0. The molecule has 0 amide bonds. The monoisotopic (exact) mass is 604 g/mol. The molecular weight excluding hydrogens is 578 g/mol. The number of aromatic nitrogens is 2. The highest BCUT2D eigenvalue weighted by Gasteiger charge is 2.41. The lowest BCUT2D eigenvalue weighted by molar-refractivity contribution is 1.16. The molecule has 0 aliphatic carbocycles. The molecule has 6 heterocycles. The van der Waals surface area contributed by atoms with Crippen molar-refractivity contribution in [3.8, 4) is 11.4 Å². The lowest BCUT2D eigenvalue weighted by Crippen LogP contribution is -2.60. The van der Waals surface area contributed by atoms with Gasteiger partial charge in [0.05, 0.1) is 11.0 Å². The molecule has 0 N–H and O–H groups in total. The molecule has 4 aliphatic heterocycles. The Morgan fingerprint density at radius 1 is 0.375 bits per heavy atom. The van der Waals surface area contributed by atoms with Crippen LogP contribution in [0, 0.1) is 0 Å². The van der Waals surface area contributed by atoms with Gasteiger partial charge in [0.25, 0.3) is 0 Å². The quantitative estimate of drug-likeness (QED) is 0.207. The smallest absolute Gasteiger partial charge is 0.247 e. The summed E-state index contributed by atoms with van der Waals surface area (Å²) in [6, 6.07) is 51.2. The maximum atomic E-state index is 2.66. The van der Waals surface area contributed by atoms with Crippen LogP contribution >= 0.6 is 0 Å². The molecule has 0 saturated carbocycles. The fourth-order valence-electron chi connectivity index (χ4n) is 10.5. The van der Waals surface area contributed by atoms with Crippen molar-refractivity contribution >= 4 is 89.8 Å². The fraction of sp³-hybridized carbons (Fsp3) is 0.0455. The second-order valence-electron chi connectivity index (χ2n) is 14.3. The first-order valence-electron chi connectivity index (χ1n) is 17.3. The van der Waals surface area contributed by atoms with Crippen LogP contribution in [0.1, 0.15) is 22.3 Å². The van der Waals surface area contributed by atoms with Gasteiger partial charge in [-0.25, -0.2) is 0 Å². The van der Waals surface area contributed by atoms with Gasteiger partial charge in [-0.3, -0.25) is 0 Å². The molecule has 9 aromatic rings. The van der Waals surface area contributed by atoms with E-state index in [2.05, 4.69) is 143 Å². The van der Waals surface area contributed by atoms with Crippen molar-refractivity contribution in [2.75, 3.05) is 0 Å². The van der Waals surface area contributed by atoms with Gasteiger partial charge in [0.2, 0.25) is 13.4 Å². The van der Waals surface area contributed by atoms with Crippen LogP contribution in [-0.4, -0.2) is 22.6 Å². The maximum Gasteiger partial charge on any atom is 0.247 e. The normalized spacial score (nSPS) is 14.4. The molecule has 218 valence electrons. The molecule has 0 bridgehead atoms. The highest BCUT2D eigenvalue weighted by atomic mass is 15.0. The van der Waals surface area contributed by atoms with Crippen LogP contribution in [0.4, 0.5) is 0 Å². The van der Waals surface area contributed by atoms with Gasteiger partial charge in [0.1, 0.15) is 0 Å². The Labute approximate surface area is 278 Å². The van der Waals surface area contributed by atoms with Crippen LogP contribution in [0.25, 0.3) is 55.0 Å². The zero-order valence-electron chi connectivity index (χ0n) is 26.2. The van der Waals surface area contributed by atoms with Gasteiger partial charge >= 0.3 is 0 Å². The zero-order valence-corrected chi connectivity index (χ0v) is 26.2. The number of fused-ring (bicyclic) bond motifs is 17. The van der Waals surface area contributed by atoms with E-state index in [1.165, 1.54) is 110 Å². The van der Waals surface area contributed by atoms with Crippen molar-refractivity contribution in [3.05, 3.63) is 156 Å². The molecule has 0 atom stereocenters. The first-order chi connectivity index (χ1) is 23.8. The van der Waals surface area contributed by atoms with Gasteiger partial charge in [0, 0.05) is 44.0 Å². The van der Waals surface area contributed by atoms with Gasteiger partial charge in [-0.05, 0) is 75.1 Å². The summed E-state index contributed by atoms with van der Waals surface area (Å²) in [5.74, 6) is 0. The first-order valence-corrected chi connectivity index (χ1v) is 17.3. The van der Waals surface area contributed by atoms with Crippen LogP contribution in [0.2, 0.25) is 0 Å². The summed E-state index contributed by atoms with van der Waals surface area (Å²) in [4.78, 5) is 0. The molecule has 0 saturated heterocycles. The molecule has 0 fully saturated rings. The second kappa shape index (κ2) is 8.21. The van der Waals surface area contributed by atoms with E-state index in [0.29, 0.717) is 0 Å². The van der Waals surface area contributed by atoms with Crippen molar-refractivity contribution in [2.24, 2.45) is 0 Å². The Bertz CT molecular complexity index is 2980. The van der Waals surface area contributed by atoms with E-state index < -0.39 is 0 Å². The summed E-state index contributed by atoms with van der Waals surface area (Å²) in [7, 11) is 0. The standard InChI is InChI=1S/C44H26B2N2/c1-3-11-32-26(10-1)24-28-18-20-31-39-38(47-36-15-7-5-13-34(36)45(32)41(28)44(31)47)22-21-29-30-19-17-27-23-25-9-2-4-12-33(25)46-35-14-6-8-16-37(35)48(42(29)39)43(30)40(27)46/h1-22H,23-24H2. The van der Waals surface area contributed by atoms with Crippen molar-refractivity contribution in [2.45, 2.75) is 12.8 Å². The van der Waals surface area contributed by atoms with Gasteiger partial charge in [-0.15, -0.1) is 0 Å². The topological polar surface area (TPSA) is 9.86 Å². The van der Waals surface area contributed by atoms with E-state index in [1.807, 2.05) is 0 Å². The van der Waals surface area contributed by atoms with Crippen LogP contribution in [-0.2, 0) is 12.8 Å². The Hall–Kier alpha value is -5.73. The largest absolute Gasteiger partial charge is 0.310 e. The van der Waals surface area contributed by atoms with Gasteiger partial charge in [-0.1, -0.05) is 126 Å². The van der Waals surface area contributed by atoms with Crippen LogP contribution in [0.3, 0.4) is 0 Å². The van der Waals surface area contributed by atoms with Gasteiger partial charge in [-0.2, -0.15) is 0 Å². The summed E-state index contributed by atoms with van der Waals surface area (Å²) in [5.41, 5.74) is 22.6. The molecule has 0 spiro atoms. The number of hydrogen-bond donors (Lipinski definition) is 0. The molecule has 0 radical (unpaired) electrons. The predicted molar refractivity (Wildman–Crippen MR) is 203 cm³/mol. The molecule has 4 aliphatic rings. The third-order valence-corrected chi connectivity index (χ3v) is 12.3. The minimum absolute atomic E-state index is 0.246. The minimum Gasteiger partial charge on any atom is -0.310 e. The molecule has 13 rings (SSSR count). The summed E-state index contributed by atoms with van der Waals surface area (Å²) >= 11 is 0. The summed E-state index contributed by atoms with van der Waals surface area (Å²) in [6.45, 7) is 0.496. The average Bonchev–Trinajstić information content (AvgIpc) is 3.67. The predicted octanol–water partition coefficient (Wildman–Crippen LogP) is 5.35. The molecule has 4 heteroatoms. The Kier molecular flexibility index (Phi) is 4.18. The lowest BCUT2D eigenvalue weighted by Gasteiger charge is -2.33. The molecular formula is C44H26B2N2. The van der Waals surface area contributed by atoms with E-state index in [1.54, 1.807) is 0 Å². The molecule has 2 aromatic heterocycles. The summed E-state index contributed by atoms with van der Waals surface area (Å²) < 4.78 is 5.27. The number of nitrogens with zero attached hydrogens (tertiary/aromatic N) is 2. The second-order valence-corrected chi connectivity index (χ2v) is 14.3. The summed E-state index contributed by atoms with van der Waals surface area (Å²) in [5, 5.41) is 5.45. The van der Waals surface area contributed by atoms with Crippen molar-refractivity contribution < 1.29 is 0 Å². The van der Waals surface area contributed by atoms with E-state index in [-0.39, 0.29) is 13.4 Å². The van der Waals surface area contributed by atoms with Crippen molar-refractivity contribution in [3.63, 3.8) is 0 Å². The van der Waals surface area contributed by atoms with Crippen LogP contribution in [0.5, 0.6) is 0 Å². The van der Waals surface area contributed by atoms with Crippen molar-refractivity contribution in [1.82, 2.24) is 9.13 Å². The van der Waals surface area contributed by atoms with Crippen LogP contribution in [0.15, 0.2) is 133 Å². The van der Waals surface area contributed by atoms with E-state index in [4.69, 9.17) is 0 Å². The number of benzene rings is 7. The number of para-hydroxylation sites is 2. The zero-order chi connectivity index (χ0) is 30.8. The molecule has 2 nitrogen and oxygen atoms in total. The average molecular weight is 604 g/mol. The van der Waals surface area contributed by atoms with E-state index >= 15 is 0 Å². The molecule has 7 aromatic carbocycles. The third kappa shape index (κ3) is 2.64. The maximum absolute atomic E-state index is 2.66. The first kappa shape index (κ1) is 24.4. The SMILES string of the molecule is c1ccc2c(c1)Cc1ccc3c4c(ccc5c6ccc7c8c6n(c54)-c4ccccc4B8c4ccccc4C7)n4c3c1B2c1ccccc1-4. The Morgan fingerprint density at radius 2 is 0.854 bits per heavy atom. The minimum atomic E-state index is 0.246. The Balaban J connectivity index is 1.25. The van der Waals surface area contributed by atoms with Gasteiger partial charge in [0.15, 0.2) is 0 Å². The van der Waals surface area contributed by atoms with E-state index in [0.717, 1.165) is 12.8 Å². The van der Waals surface area contributed by atoms with E-state index in [9.17, 15) is 0 Å². The van der Waals surface area contributed by atoms with Crippen molar-refractivity contribution in [1.29, 1.82) is 0 Å². The number of rotatable bonds is 0. The highest BCUT2D eigenvalue weighted by Crippen LogP contribution is 2.44. The van der Waals surface area contributed by atoms with Crippen LogP contribution < -0.4 is 32.8 Å². The highest BCUT2D eigenvalue weighted by molar-refractivity contribution is 6.99. The molecule has 0 unspecified atom stereocenters. The third-order valence-electron chi connectivity index (χ3n) is 12.3. The Morgan fingerprint density at radius 3 is 1.50 bits per heavy atom. The fourth-order valence-corrected chi connectivity index (χ4v) is 10.5. The van der Waals surface area contributed by atoms with Gasteiger partial charge < -0.3 is 9.13 Å². The molecule has 48 heavy (non-hydrogen) atoms.